The third-order valence-electron chi connectivity index (χ3n) is 2.16. The van der Waals surface area contributed by atoms with Crippen LogP contribution in [0.25, 0.3) is 11.1 Å². The molecule has 0 aliphatic carbocycles. The van der Waals surface area contributed by atoms with Gasteiger partial charge in [0.25, 0.3) is 0 Å². The molecule has 1 aromatic heterocycles. The molecule has 1 unspecified atom stereocenters. The molecule has 0 aliphatic rings. The van der Waals surface area contributed by atoms with Crippen LogP contribution in [0.1, 0.15) is 17.6 Å². The van der Waals surface area contributed by atoms with Crippen molar-refractivity contribution in [3.63, 3.8) is 0 Å². The maximum absolute atomic E-state index is 9.52. The summed E-state index contributed by atoms with van der Waals surface area (Å²) in [6, 6.07) is 4.94. The van der Waals surface area contributed by atoms with Crippen LogP contribution in [-0.4, -0.2) is 26.6 Å². The summed E-state index contributed by atoms with van der Waals surface area (Å²) in [6.45, 7) is 1.69. The number of aliphatic hydroxyl groups is 3. The summed E-state index contributed by atoms with van der Waals surface area (Å²) >= 11 is 0. The minimum absolute atomic E-state index is 0.347. The van der Waals surface area contributed by atoms with E-state index < -0.39 is 12.4 Å². The van der Waals surface area contributed by atoms with E-state index >= 15 is 0 Å². The summed E-state index contributed by atoms with van der Waals surface area (Å²) in [6.07, 6.45) is -3.20. The van der Waals surface area contributed by atoms with E-state index in [2.05, 4.69) is 4.98 Å². The first-order valence-corrected chi connectivity index (χ1v) is 4.50. The van der Waals surface area contributed by atoms with Gasteiger partial charge in [0.05, 0.1) is 0 Å². The topological polar surface area (TPSA) is 86.7 Å². The lowest BCUT2D eigenvalue weighted by Crippen LogP contribution is -2.17. The average molecular weight is 209 g/mol. The van der Waals surface area contributed by atoms with Crippen molar-refractivity contribution in [1.29, 1.82) is 0 Å². The fraction of sp³-hybridized carbons (Fsp3) is 0.300. The van der Waals surface area contributed by atoms with Crippen LogP contribution >= 0.6 is 0 Å². The van der Waals surface area contributed by atoms with Crippen LogP contribution in [0, 0.1) is 6.92 Å². The second kappa shape index (κ2) is 3.62. The first kappa shape index (κ1) is 10.1. The number of rotatable bonds is 2. The molecule has 0 fully saturated rings. The Kier molecular flexibility index (Phi) is 2.44. The van der Waals surface area contributed by atoms with Gasteiger partial charge < -0.3 is 19.7 Å². The number of fused-ring (bicyclic) bond motifs is 1. The van der Waals surface area contributed by atoms with Gasteiger partial charge in [0.15, 0.2) is 17.8 Å². The van der Waals surface area contributed by atoms with E-state index in [4.69, 9.17) is 14.6 Å². The van der Waals surface area contributed by atoms with Crippen LogP contribution in [0.4, 0.5) is 0 Å². The minimum atomic E-state index is -1.83. The Labute approximate surface area is 85.6 Å². The monoisotopic (exact) mass is 209 g/mol. The van der Waals surface area contributed by atoms with Crippen LogP contribution in [-0.2, 0) is 0 Å². The molecule has 1 aromatic carbocycles. The molecule has 0 amide bonds. The molecule has 3 N–H and O–H groups in total. The van der Waals surface area contributed by atoms with Crippen LogP contribution in [0.2, 0.25) is 0 Å². The Morgan fingerprint density at radius 3 is 2.67 bits per heavy atom. The minimum Gasteiger partial charge on any atom is -0.441 e. The lowest BCUT2D eigenvalue weighted by atomic mass is 10.1. The van der Waals surface area contributed by atoms with Crippen molar-refractivity contribution < 1.29 is 19.7 Å². The van der Waals surface area contributed by atoms with Gasteiger partial charge in [0.1, 0.15) is 11.6 Å². The maximum Gasteiger partial charge on any atom is 0.192 e. The Balaban J connectivity index is 2.59. The summed E-state index contributed by atoms with van der Waals surface area (Å²) in [5, 5.41) is 27.3. The van der Waals surface area contributed by atoms with Crippen molar-refractivity contribution in [2.75, 3.05) is 0 Å². The SMILES string of the molecule is Cc1nc2c(C(O)C(O)O)cccc2o1. The molecule has 0 spiro atoms. The molecule has 15 heavy (non-hydrogen) atoms. The molecule has 0 radical (unpaired) electrons. The number of para-hydroxylation sites is 1. The van der Waals surface area contributed by atoms with E-state index in [9.17, 15) is 5.11 Å². The highest BCUT2D eigenvalue weighted by molar-refractivity contribution is 5.77. The van der Waals surface area contributed by atoms with Gasteiger partial charge in [-0.25, -0.2) is 4.98 Å². The van der Waals surface area contributed by atoms with Crippen LogP contribution in [0.3, 0.4) is 0 Å². The summed E-state index contributed by atoms with van der Waals surface area (Å²) < 4.78 is 5.25. The molecular formula is C10H11NO4. The lowest BCUT2D eigenvalue weighted by Gasteiger charge is -2.12. The van der Waals surface area contributed by atoms with Crippen LogP contribution in [0.15, 0.2) is 22.6 Å². The maximum atomic E-state index is 9.52. The Morgan fingerprint density at radius 2 is 2.00 bits per heavy atom. The number of aromatic nitrogens is 1. The lowest BCUT2D eigenvalue weighted by molar-refractivity contribution is -0.123. The van der Waals surface area contributed by atoms with Crippen molar-refractivity contribution in [1.82, 2.24) is 4.98 Å². The predicted octanol–water partition coefficient (Wildman–Crippen LogP) is 0.480. The average Bonchev–Trinajstić information content (AvgIpc) is 2.56. The van der Waals surface area contributed by atoms with Gasteiger partial charge in [-0.2, -0.15) is 0 Å². The van der Waals surface area contributed by atoms with E-state index in [1.165, 1.54) is 0 Å². The first-order chi connectivity index (χ1) is 7.09. The normalized spacial score (nSPS) is 13.7. The molecule has 0 saturated carbocycles. The van der Waals surface area contributed by atoms with Gasteiger partial charge in [-0.3, -0.25) is 0 Å². The molecule has 0 saturated heterocycles. The Morgan fingerprint density at radius 1 is 1.27 bits per heavy atom. The number of hydrogen-bond donors (Lipinski definition) is 3. The number of oxazole rings is 1. The third-order valence-corrected chi connectivity index (χ3v) is 2.16. The van der Waals surface area contributed by atoms with Crippen molar-refractivity contribution in [2.45, 2.75) is 19.3 Å². The van der Waals surface area contributed by atoms with Gasteiger partial charge in [-0.15, -0.1) is 0 Å². The van der Waals surface area contributed by atoms with Gasteiger partial charge in [-0.05, 0) is 6.07 Å². The third kappa shape index (κ3) is 1.72. The molecule has 5 heteroatoms. The molecule has 5 nitrogen and oxygen atoms in total. The van der Waals surface area contributed by atoms with E-state index in [1.807, 2.05) is 0 Å². The molecule has 1 heterocycles. The molecule has 80 valence electrons. The van der Waals surface area contributed by atoms with Gasteiger partial charge in [-0.1, -0.05) is 12.1 Å². The molecule has 2 aromatic rings. The highest BCUT2D eigenvalue weighted by Gasteiger charge is 2.20. The summed E-state index contributed by atoms with van der Waals surface area (Å²) in [4.78, 5) is 4.07. The Hall–Kier alpha value is -1.43. The molecule has 0 bridgehead atoms. The van der Waals surface area contributed by atoms with Crippen molar-refractivity contribution >= 4 is 11.1 Å². The van der Waals surface area contributed by atoms with Gasteiger partial charge in [0, 0.05) is 12.5 Å². The molecular weight excluding hydrogens is 198 g/mol. The quantitative estimate of drug-likeness (QED) is 0.626. The first-order valence-electron chi connectivity index (χ1n) is 4.50. The Bertz CT molecular complexity index is 477. The number of nitrogens with zero attached hydrogens (tertiary/aromatic N) is 1. The summed E-state index contributed by atoms with van der Waals surface area (Å²) in [5.41, 5.74) is 1.32. The second-order valence-corrected chi connectivity index (χ2v) is 3.29. The zero-order chi connectivity index (χ0) is 11.0. The highest BCUT2D eigenvalue weighted by Crippen LogP contribution is 2.25. The van der Waals surface area contributed by atoms with Gasteiger partial charge >= 0.3 is 0 Å². The van der Waals surface area contributed by atoms with Crippen molar-refractivity contribution in [3.05, 3.63) is 29.7 Å². The number of aryl methyl sites for hydroxylation is 1. The zero-order valence-corrected chi connectivity index (χ0v) is 8.08. The largest absolute Gasteiger partial charge is 0.441 e. The molecule has 1 atom stereocenters. The highest BCUT2D eigenvalue weighted by atomic mass is 16.5. The smallest absolute Gasteiger partial charge is 0.192 e. The van der Waals surface area contributed by atoms with Crippen LogP contribution in [0.5, 0.6) is 0 Å². The van der Waals surface area contributed by atoms with Crippen molar-refractivity contribution in [2.24, 2.45) is 0 Å². The van der Waals surface area contributed by atoms with E-state index in [1.54, 1.807) is 25.1 Å². The van der Waals surface area contributed by atoms with Crippen LogP contribution < -0.4 is 0 Å². The standard InChI is InChI=1S/C10H11NO4/c1-5-11-8-6(9(12)10(13)14)3-2-4-7(8)15-5/h2-4,9-10,12-14H,1H3. The van der Waals surface area contributed by atoms with Gasteiger partial charge in [0.2, 0.25) is 0 Å². The fourth-order valence-corrected chi connectivity index (χ4v) is 1.48. The number of hydrogen-bond acceptors (Lipinski definition) is 5. The summed E-state index contributed by atoms with van der Waals surface area (Å²) in [5.74, 6) is 0.470. The molecule has 0 aliphatic heterocycles. The number of benzene rings is 1. The number of aliphatic hydroxyl groups excluding tert-OH is 2. The predicted molar refractivity (Wildman–Crippen MR) is 51.9 cm³/mol. The van der Waals surface area contributed by atoms with E-state index in [0.717, 1.165) is 0 Å². The van der Waals surface area contributed by atoms with Crippen molar-refractivity contribution in [3.8, 4) is 0 Å². The van der Waals surface area contributed by atoms with E-state index in [-0.39, 0.29) is 0 Å². The second-order valence-electron chi connectivity index (χ2n) is 3.29. The zero-order valence-electron chi connectivity index (χ0n) is 8.08. The van der Waals surface area contributed by atoms with E-state index in [0.29, 0.717) is 22.6 Å². The molecule has 2 rings (SSSR count). The summed E-state index contributed by atoms with van der Waals surface area (Å²) in [7, 11) is 0. The fourth-order valence-electron chi connectivity index (χ4n) is 1.48.